The third-order valence-electron chi connectivity index (χ3n) is 1.65. The van der Waals surface area contributed by atoms with E-state index in [0.29, 0.717) is 5.15 Å². The van der Waals surface area contributed by atoms with Crippen LogP contribution in [0.3, 0.4) is 0 Å². The van der Waals surface area contributed by atoms with Crippen LogP contribution in [0.15, 0.2) is 41.5 Å². The molecule has 0 fully saturated rings. The normalized spacial score (nSPS) is 10.1. The lowest BCUT2D eigenvalue weighted by Gasteiger charge is -2.01. The molecule has 0 spiro atoms. The lowest BCUT2D eigenvalue weighted by Crippen LogP contribution is -2.17. The van der Waals surface area contributed by atoms with E-state index in [1.807, 2.05) is 0 Å². The second-order valence-electron chi connectivity index (χ2n) is 2.59. The third kappa shape index (κ3) is 1.65. The molecule has 0 saturated heterocycles. The van der Waals surface area contributed by atoms with Crippen molar-refractivity contribution >= 4 is 11.6 Å². The van der Waals surface area contributed by atoms with Gasteiger partial charge in [-0.3, -0.25) is 9.36 Å². The van der Waals surface area contributed by atoms with Crippen molar-refractivity contribution in [2.75, 3.05) is 0 Å². The van der Waals surface area contributed by atoms with Crippen LogP contribution in [0.4, 0.5) is 0 Å². The Morgan fingerprint density at radius 1 is 1.29 bits per heavy atom. The van der Waals surface area contributed by atoms with E-state index in [1.165, 1.54) is 16.8 Å². The fourth-order valence-electron chi connectivity index (χ4n) is 1.04. The standard InChI is InChI=1S/C9H6ClN3O/c10-7-4-5-11-9(12-7)13-6-2-1-3-8(13)14/h1-6H. The molecular formula is C9H6ClN3O. The molecule has 0 aliphatic heterocycles. The van der Waals surface area contributed by atoms with E-state index in [1.54, 1.807) is 24.4 Å². The van der Waals surface area contributed by atoms with Gasteiger partial charge in [0.2, 0.25) is 5.95 Å². The van der Waals surface area contributed by atoms with Crippen molar-refractivity contribution in [1.29, 1.82) is 0 Å². The topological polar surface area (TPSA) is 47.8 Å². The molecule has 0 aromatic carbocycles. The lowest BCUT2D eigenvalue weighted by atomic mass is 10.5. The molecule has 0 N–H and O–H groups in total. The number of aromatic nitrogens is 3. The van der Waals surface area contributed by atoms with Crippen LogP contribution in [0.2, 0.25) is 5.15 Å². The first kappa shape index (κ1) is 8.90. The highest BCUT2D eigenvalue weighted by Gasteiger charge is 2.00. The predicted octanol–water partition coefficient (Wildman–Crippen LogP) is 1.28. The Kier molecular flexibility index (Phi) is 2.28. The molecule has 0 aliphatic carbocycles. The monoisotopic (exact) mass is 207 g/mol. The summed E-state index contributed by atoms with van der Waals surface area (Å²) in [6.45, 7) is 0. The average molecular weight is 208 g/mol. The minimum Gasteiger partial charge on any atom is -0.269 e. The van der Waals surface area contributed by atoms with Crippen molar-refractivity contribution in [2.45, 2.75) is 0 Å². The molecule has 0 unspecified atom stereocenters. The lowest BCUT2D eigenvalue weighted by molar-refractivity contribution is 0.886. The van der Waals surface area contributed by atoms with Crippen LogP contribution in [0, 0.1) is 0 Å². The van der Waals surface area contributed by atoms with Crippen LogP contribution in [0.25, 0.3) is 5.95 Å². The van der Waals surface area contributed by atoms with E-state index < -0.39 is 0 Å². The van der Waals surface area contributed by atoms with Crippen LogP contribution in [0.5, 0.6) is 0 Å². The highest BCUT2D eigenvalue weighted by molar-refractivity contribution is 6.29. The van der Waals surface area contributed by atoms with Gasteiger partial charge < -0.3 is 0 Å². The van der Waals surface area contributed by atoms with Crippen LogP contribution in [-0.2, 0) is 0 Å². The summed E-state index contributed by atoms with van der Waals surface area (Å²) in [6.07, 6.45) is 3.10. The first-order chi connectivity index (χ1) is 6.77. The van der Waals surface area contributed by atoms with Crippen molar-refractivity contribution in [3.63, 3.8) is 0 Å². The van der Waals surface area contributed by atoms with Gasteiger partial charge >= 0.3 is 0 Å². The second kappa shape index (κ2) is 3.59. The largest absolute Gasteiger partial charge is 0.269 e. The van der Waals surface area contributed by atoms with Crippen molar-refractivity contribution in [2.24, 2.45) is 0 Å². The summed E-state index contributed by atoms with van der Waals surface area (Å²) >= 11 is 5.68. The SMILES string of the molecule is O=c1ccccn1-c1nccc(Cl)n1. The van der Waals surface area contributed by atoms with Crippen molar-refractivity contribution in [1.82, 2.24) is 14.5 Å². The zero-order valence-electron chi connectivity index (χ0n) is 7.09. The molecule has 2 aromatic heterocycles. The minimum absolute atomic E-state index is 0.185. The summed E-state index contributed by atoms with van der Waals surface area (Å²) in [5.74, 6) is 0.281. The molecule has 70 valence electrons. The van der Waals surface area contributed by atoms with Crippen LogP contribution < -0.4 is 5.56 Å². The fraction of sp³-hybridized carbons (Fsp3) is 0. The number of halogens is 1. The van der Waals surface area contributed by atoms with E-state index >= 15 is 0 Å². The maximum absolute atomic E-state index is 11.4. The molecule has 2 rings (SSSR count). The summed E-state index contributed by atoms with van der Waals surface area (Å²) in [6, 6.07) is 6.37. The molecule has 2 aromatic rings. The van der Waals surface area contributed by atoms with E-state index in [2.05, 4.69) is 9.97 Å². The Balaban J connectivity index is 2.61. The Bertz CT molecular complexity index is 509. The van der Waals surface area contributed by atoms with Gasteiger partial charge in [0.15, 0.2) is 0 Å². The van der Waals surface area contributed by atoms with Gasteiger partial charge in [-0.15, -0.1) is 0 Å². The zero-order valence-corrected chi connectivity index (χ0v) is 7.85. The molecule has 14 heavy (non-hydrogen) atoms. The van der Waals surface area contributed by atoms with Crippen LogP contribution in [0.1, 0.15) is 0 Å². The smallest absolute Gasteiger partial charge is 0.257 e. The summed E-state index contributed by atoms with van der Waals surface area (Å²) in [5, 5.41) is 0.311. The quantitative estimate of drug-likeness (QED) is 0.662. The molecule has 0 bridgehead atoms. The Hall–Kier alpha value is -1.68. The average Bonchev–Trinajstić information content (AvgIpc) is 2.18. The van der Waals surface area contributed by atoms with E-state index in [0.717, 1.165) is 0 Å². The summed E-state index contributed by atoms with van der Waals surface area (Å²) in [5.41, 5.74) is -0.185. The molecule has 0 aliphatic rings. The summed E-state index contributed by atoms with van der Waals surface area (Å²) in [7, 11) is 0. The van der Waals surface area contributed by atoms with Gasteiger partial charge in [0.05, 0.1) is 0 Å². The van der Waals surface area contributed by atoms with E-state index in [9.17, 15) is 4.79 Å². The van der Waals surface area contributed by atoms with Gasteiger partial charge in [0, 0.05) is 18.5 Å². The number of pyridine rings is 1. The Morgan fingerprint density at radius 3 is 2.86 bits per heavy atom. The van der Waals surface area contributed by atoms with Crippen LogP contribution in [-0.4, -0.2) is 14.5 Å². The predicted molar refractivity (Wildman–Crippen MR) is 52.6 cm³/mol. The van der Waals surface area contributed by atoms with Gasteiger partial charge in [-0.2, -0.15) is 0 Å². The number of hydrogen-bond acceptors (Lipinski definition) is 3. The van der Waals surface area contributed by atoms with Gasteiger partial charge in [0.1, 0.15) is 5.15 Å². The van der Waals surface area contributed by atoms with Gasteiger partial charge in [0.25, 0.3) is 5.56 Å². The molecule has 2 heterocycles. The van der Waals surface area contributed by atoms with E-state index in [-0.39, 0.29) is 11.5 Å². The number of rotatable bonds is 1. The first-order valence-corrected chi connectivity index (χ1v) is 4.32. The molecule has 0 radical (unpaired) electrons. The molecule has 0 amide bonds. The molecule has 5 heteroatoms. The fourth-order valence-corrected chi connectivity index (χ4v) is 1.17. The molecule has 0 atom stereocenters. The maximum atomic E-state index is 11.4. The second-order valence-corrected chi connectivity index (χ2v) is 2.98. The first-order valence-electron chi connectivity index (χ1n) is 3.94. The third-order valence-corrected chi connectivity index (χ3v) is 1.86. The van der Waals surface area contributed by atoms with E-state index in [4.69, 9.17) is 11.6 Å². The van der Waals surface area contributed by atoms with Crippen molar-refractivity contribution < 1.29 is 0 Å². The summed E-state index contributed by atoms with van der Waals surface area (Å²) in [4.78, 5) is 19.2. The Labute approximate surface area is 84.8 Å². The Morgan fingerprint density at radius 2 is 2.14 bits per heavy atom. The highest BCUT2D eigenvalue weighted by atomic mass is 35.5. The zero-order chi connectivity index (χ0) is 9.97. The highest BCUT2D eigenvalue weighted by Crippen LogP contribution is 2.03. The minimum atomic E-state index is -0.185. The molecular weight excluding hydrogens is 202 g/mol. The van der Waals surface area contributed by atoms with Crippen molar-refractivity contribution in [3.05, 3.63) is 52.2 Å². The van der Waals surface area contributed by atoms with Gasteiger partial charge in [-0.05, 0) is 12.1 Å². The summed E-state index contributed by atoms with van der Waals surface area (Å²) < 4.78 is 1.33. The van der Waals surface area contributed by atoms with Gasteiger partial charge in [-0.25, -0.2) is 9.97 Å². The van der Waals surface area contributed by atoms with Gasteiger partial charge in [-0.1, -0.05) is 17.7 Å². The molecule has 0 saturated carbocycles. The maximum Gasteiger partial charge on any atom is 0.257 e. The molecule has 4 nitrogen and oxygen atoms in total. The number of hydrogen-bond donors (Lipinski definition) is 0. The van der Waals surface area contributed by atoms with Crippen molar-refractivity contribution in [3.8, 4) is 5.95 Å². The van der Waals surface area contributed by atoms with Crippen LogP contribution >= 0.6 is 11.6 Å². The number of nitrogens with zero attached hydrogens (tertiary/aromatic N) is 3.